The molecule has 23 heavy (non-hydrogen) atoms. The van der Waals surface area contributed by atoms with Gasteiger partial charge in [-0.1, -0.05) is 12.7 Å². The molecule has 130 valence electrons. The molecule has 0 aromatic heterocycles. The maximum Gasteiger partial charge on any atom is 0.408 e. The summed E-state index contributed by atoms with van der Waals surface area (Å²) in [6.07, 6.45) is -0.257. The Morgan fingerprint density at radius 2 is 1.91 bits per heavy atom. The van der Waals surface area contributed by atoms with Gasteiger partial charge in [0, 0.05) is 12.5 Å². The number of halogens is 3. The summed E-state index contributed by atoms with van der Waals surface area (Å²) in [6.45, 7) is 6.55. The Hall–Kier alpha value is -2.25. The molecule has 1 amide bonds. The van der Waals surface area contributed by atoms with Crippen molar-refractivity contribution in [2.24, 2.45) is 0 Å². The Balaban J connectivity index is 5.19. The van der Waals surface area contributed by atoms with Crippen molar-refractivity contribution in [2.45, 2.75) is 38.8 Å². The van der Waals surface area contributed by atoms with E-state index < -0.39 is 48.5 Å². The number of carbonyl (C=O) groups is 2. The van der Waals surface area contributed by atoms with Crippen LogP contribution in [0.2, 0.25) is 0 Å². The minimum absolute atomic E-state index is 0.294. The molecule has 0 spiro atoms. The molecule has 0 aliphatic heterocycles. The zero-order chi connectivity index (χ0) is 18.2. The summed E-state index contributed by atoms with van der Waals surface area (Å²) in [5.41, 5.74) is -1.14. The summed E-state index contributed by atoms with van der Waals surface area (Å²) >= 11 is 0. The number of rotatable bonds is 7. The molecule has 0 aromatic rings. The summed E-state index contributed by atoms with van der Waals surface area (Å²) in [6, 6.07) is -1.52. The molecule has 5 nitrogen and oxygen atoms in total. The van der Waals surface area contributed by atoms with Gasteiger partial charge in [0.05, 0.1) is 0 Å². The molecule has 0 aromatic carbocycles. The SMILES string of the molecule is C=C/C(C[C@@H](NC(=O)OC(C)(C)C)C(=O)O)=C(F)\C=C(\F)CF. The number of hydrogen-bond acceptors (Lipinski definition) is 3. The number of carboxylic acid groups (broad SMARTS) is 1. The molecule has 0 aliphatic carbocycles. The summed E-state index contributed by atoms with van der Waals surface area (Å²) in [5.74, 6) is -3.97. The highest BCUT2D eigenvalue weighted by molar-refractivity contribution is 5.80. The second kappa shape index (κ2) is 9.02. The van der Waals surface area contributed by atoms with Crippen LogP contribution in [-0.2, 0) is 9.53 Å². The van der Waals surface area contributed by atoms with Crippen molar-refractivity contribution in [3.05, 3.63) is 36.0 Å². The van der Waals surface area contributed by atoms with Gasteiger partial charge >= 0.3 is 12.1 Å². The van der Waals surface area contributed by atoms with Crippen molar-refractivity contribution in [3.63, 3.8) is 0 Å². The Labute approximate surface area is 132 Å². The molecule has 0 radical (unpaired) electrons. The first-order valence-corrected chi connectivity index (χ1v) is 6.65. The number of nitrogens with one attached hydrogen (secondary N) is 1. The number of ether oxygens (including phenoxy) is 1. The third-order valence-corrected chi connectivity index (χ3v) is 2.38. The molecular formula is C15H20F3NO4. The number of hydrogen-bond donors (Lipinski definition) is 2. The fourth-order valence-electron chi connectivity index (χ4n) is 1.42. The number of carbonyl (C=O) groups excluding carboxylic acids is 1. The lowest BCUT2D eigenvalue weighted by Gasteiger charge is -2.22. The van der Waals surface area contributed by atoms with Crippen molar-refractivity contribution in [2.75, 3.05) is 6.67 Å². The summed E-state index contributed by atoms with van der Waals surface area (Å²) in [5, 5.41) is 11.1. The van der Waals surface area contributed by atoms with Crippen molar-refractivity contribution in [3.8, 4) is 0 Å². The Morgan fingerprint density at radius 1 is 1.35 bits per heavy atom. The molecule has 8 heteroatoms. The average molecular weight is 335 g/mol. The normalized spacial score (nSPS) is 14.6. The van der Waals surface area contributed by atoms with Crippen LogP contribution in [-0.4, -0.2) is 35.5 Å². The standard InChI is InChI=1S/C15H20F3NO4/c1-5-9(11(18)7-10(17)8-16)6-12(13(20)21)19-14(22)23-15(2,3)4/h5,7,12H,1,6,8H2,2-4H3,(H,19,22)(H,20,21)/b10-7+,11-9-/t12-/m1/s1. The van der Waals surface area contributed by atoms with Gasteiger partial charge in [-0.3, -0.25) is 0 Å². The van der Waals surface area contributed by atoms with Crippen molar-refractivity contribution >= 4 is 12.1 Å². The van der Waals surface area contributed by atoms with Crippen LogP contribution < -0.4 is 5.32 Å². The zero-order valence-corrected chi connectivity index (χ0v) is 13.2. The zero-order valence-electron chi connectivity index (χ0n) is 13.2. The first-order chi connectivity index (χ1) is 10.5. The van der Waals surface area contributed by atoms with Crippen LogP contribution in [0.25, 0.3) is 0 Å². The lowest BCUT2D eigenvalue weighted by molar-refractivity contribution is -0.139. The number of carboxylic acids is 1. The van der Waals surface area contributed by atoms with Gasteiger partial charge in [-0.25, -0.2) is 22.8 Å². The van der Waals surface area contributed by atoms with E-state index in [1.54, 1.807) is 20.8 Å². The van der Waals surface area contributed by atoms with Crippen LogP contribution >= 0.6 is 0 Å². The second-order valence-corrected chi connectivity index (χ2v) is 5.54. The van der Waals surface area contributed by atoms with Crippen LogP contribution in [0.3, 0.4) is 0 Å². The molecule has 2 N–H and O–H groups in total. The number of allylic oxidation sites excluding steroid dienone is 4. The first-order valence-electron chi connectivity index (χ1n) is 6.65. The first kappa shape index (κ1) is 20.8. The van der Waals surface area contributed by atoms with Crippen LogP contribution in [0.4, 0.5) is 18.0 Å². The van der Waals surface area contributed by atoms with Crippen LogP contribution in [0.5, 0.6) is 0 Å². The highest BCUT2D eigenvalue weighted by atomic mass is 19.2. The molecule has 0 rings (SSSR count). The number of alkyl carbamates (subject to hydrolysis) is 1. The van der Waals surface area contributed by atoms with Crippen LogP contribution in [0, 0.1) is 0 Å². The molecular weight excluding hydrogens is 315 g/mol. The summed E-state index contributed by atoms with van der Waals surface area (Å²) in [7, 11) is 0. The van der Waals surface area contributed by atoms with Crippen molar-refractivity contribution in [1.82, 2.24) is 5.32 Å². The summed E-state index contributed by atoms with van der Waals surface area (Å²) < 4.78 is 43.4. The third kappa shape index (κ3) is 8.70. The molecule has 0 unspecified atom stereocenters. The topological polar surface area (TPSA) is 75.6 Å². The van der Waals surface area contributed by atoms with E-state index in [0.717, 1.165) is 6.08 Å². The maximum atomic E-state index is 13.7. The smallest absolute Gasteiger partial charge is 0.408 e. The molecule has 0 heterocycles. The molecule has 1 atom stereocenters. The van der Waals surface area contributed by atoms with E-state index in [2.05, 4.69) is 11.9 Å². The quantitative estimate of drug-likeness (QED) is 0.697. The highest BCUT2D eigenvalue weighted by Crippen LogP contribution is 2.18. The predicted octanol–water partition coefficient (Wildman–Crippen LogP) is 3.59. The van der Waals surface area contributed by atoms with E-state index in [-0.39, 0.29) is 5.57 Å². The molecule has 0 saturated heterocycles. The van der Waals surface area contributed by atoms with Gasteiger partial charge in [0.25, 0.3) is 0 Å². The van der Waals surface area contributed by atoms with E-state index >= 15 is 0 Å². The lowest BCUT2D eigenvalue weighted by atomic mass is 10.0. The van der Waals surface area contributed by atoms with Crippen LogP contribution in [0.15, 0.2) is 36.0 Å². The van der Waals surface area contributed by atoms with Gasteiger partial charge in [-0.2, -0.15) is 0 Å². The van der Waals surface area contributed by atoms with E-state index in [1.165, 1.54) is 0 Å². The number of aliphatic carboxylic acids is 1. The van der Waals surface area contributed by atoms with Crippen molar-refractivity contribution in [1.29, 1.82) is 0 Å². The van der Waals surface area contributed by atoms with Gasteiger partial charge in [0.15, 0.2) is 0 Å². The Bertz CT molecular complexity index is 521. The second-order valence-electron chi connectivity index (χ2n) is 5.54. The number of alkyl halides is 1. The third-order valence-electron chi connectivity index (χ3n) is 2.38. The minimum Gasteiger partial charge on any atom is -0.480 e. The molecule has 0 saturated carbocycles. The largest absolute Gasteiger partial charge is 0.480 e. The van der Waals surface area contributed by atoms with Gasteiger partial charge in [-0.15, -0.1) is 0 Å². The van der Waals surface area contributed by atoms with E-state index in [9.17, 15) is 22.8 Å². The van der Waals surface area contributed by atoms with E-state index in [4.69, 9.17) is 9.84 Å². The predicted molar refractivity (Wildman–Crippen MR) is 78.9 cm³/mol. The van der Waals surface area contributed by atoms with Gasteiger partial charge in [0.1, 0.15) is 30.0 Å². The van der Waals surface area contributed by atoms with E-state index in [1.807, 2.05) is 0 Å². The Morgan fingerprint density at radius 3 is 2.30 bits per heavy atom. The number of amides is 1. The highest BCUT2D eigenvalue weighted by Gasteiger charge is 2.25. The minimum atomic E-state index is -1.52. The average Bonchev–Trinajstić information content (AvgIpc) is 2.40. The van der Waals surface area contributed by atoms with Gasteiger partial charge < -0.3 is 15.2 Å². The van der Waals surface area contributed by atoms with E-state index in [0.29, 0.717) is 6.08 Å². The fourth-order valence-corrected chi connectivity index (χ4v) is 1.42. The molecule has 0 fully saturated rings. The summed E-state index contributed by atoms with van der Waals surface area (Å²) in [4.78, 5) is 22.7. The maximum absolute atomic E-state index is 13.7. The van der Waals surface area contributed by atoms with Crippen molar-refractivity contribution < 1.29 is 32.6 Å². The molecule has 0 bridgehead atoms. The van der Waals surface area contributed by atoms with Gasteiger partial charge in [0.2, 0.25) is 0 Å². The fraction of sp³-hybridized carbons (Fsp3) is 0.467. The van der Waals surface area contributed by atoms with Gasteiger partial charge in [-0.05, 0) is 26.3 Å². The molecule has 0 aliphatic rings. The monoisotopic (exact) mass is 335 g/mol. The van der Waals surface area contributed by atoms with Crippen LogP contribution in [0.1, 0.15) is 27.2 Å². The lowest BCUT2D eigenvalue weighted by Crippen LogP contribution is -2.43. The Kier molecular flexibility index (Phi) is 8.13.